The lowest BCUT2D eigenvalue weighted by Crippen LogP contribution is -2.47. The first-order valence-corrected chi connectivity index (χ1v) is 6.95. The predicted octanol–water partition coefficient (Wildman–Crippen LogP) is 2.17. The molecule has 1 unspecified atom stereocenters. The molecule has 0 aliphatic heterocycles. The van der Waals surface area contributed by atoms with Crippen LogP contribution < -0.4 is 4.74 Å². The standard InChI is InChI=1S/C16H23NO4/c1-11(2)17(10-15(18)20-5)16(19)13(4)21-14-8-6-7-12(3)9-14/h6-9,11,13H,10H2,1-5H3. The third-order valence-corrected chi connectivity index (χ3v) is 3.08. The summed E-state index contributed by atoms with van der Waals surface area (Å²) in [5.74, 6) is -0.0469. The van der Waals surface area contributed by atoms with Crippen LogP contribution in [-0.2, 0) is 14.3 Å². The number of amides is 1. The number of carbonyl (C=O) groups excluding carboxylic acids is 2. The van der Waals surface area contributed by atoms with Crippen LogP contribution in [0.1, 0.15) is 26.3 Å². The second-order valence-corrected chi connectivity index (χ2v) is 5.21. The fraction of sp³-hybridized carbons (Fsp3) is 0.500. The summed E-state index contributed by atoms with van der Waals surface area (Å²) in [7, 11) is 1.30. The van der Waals surface area contributed by atoms with Crippen molar-refractivity contribution in [3.05, 3.63) is 29.8 Å². The quantitative estimate of drug-likeness (QED) is 0.754. The average Bonchev–Trinajstić information content (AvgIpc) is 2.43. The average molecular weight is 293 g/mol. The van der Waals surface area contributed by atoms with Gasteiger partial charge < -0.3 is 14.4 Å². The zero-order valence-electron chi connectivity index (χ0n) is 13.3. The number of ether oxygens (including phenoxy) is 2. The molecular weight excluding hydrogens is 270 g/mol. The third-order valence-electron chi connectivity index (χ3n) is 3.08. The van der Waals surface area contributed by atoms with Crippen molar-refractivity contribution in [1.29, 1.82) is 0 Å². The van der Waals surface area contributed by atoms with Crippen molar-refractivity contribution in [3.8, 4) is 5.75 Å². The minimum absolute atomic E-state index is 0.0749. The van der Waals surface area contributed by atoms with Crippen molar-refractivity contribution >= 4 is 11.9 Å². The maximum Gasteiger partial charge on any atom is 0.325 e. The van der Waals surface area contributed by atoms with Crippen molar-refractivity contribution in [2.75, 3.05) is 13.7 Å². The van der Waals surface area contributed by atoms with Gasteiger partial charge in [0.1, 0.15) is 12.3 Å². The van der Waals surface area contributed by atoms with Gasteiger partial charge in [-0.2, -0.15) is 0 Å². The SMILES string of the molecule is COC(=O)CN(C(=O)C(C)Oc1cccc(C)c1)C(C)C. The van der Waals surface area contributed by atoms with Gasteiger partial charge in [-0.1, -0.05) is 12.1 Å². The molecule has 5 nitrogen and oxygen atoms in total. The molecule has 0 aliphatic rings. The van der Waals surface area contributed by atoms with Crippen LogP contribution in [0, 0.1) is 6.92 Å². The molecule has 0 saturated heterocycles. The number of carbonyl (C=O) groups is 2. The molecule has 5 heteroatoms. The molecule has 21 heavy (non-hydrogen) atoms. The van der Waals surface area contributed by atoms with Crippen LogP contribution in [0.4, 0.5) is 0 Å². The molecule has 1 amide bonds. The lowest BCUT2D eigenvalue weighted by molar-refractivity contribution is -0.150. The van der Waals surface area contributed by atoms with E-state index < -0.39 is 12.1 Å². The summed E-state index contributed by atoms with van der Waals surface area (Å²) < 4.78 is 10.3. The Morgan fingerprint density at radius 3 is 2.43 bits per heavy atom. The van der Waals surface area contributed by atoms with E-state index in [0.29, 0.717) is 5.75 Å². The molecule has 0 spiro atoms. The third kappa shape index (κ3) is 5.10. The smallest absolute Gasteiger partial charge is 0.325 e. The number of rotatable bonds is 6. The van der Waals surface area contributed by atoms with E-state index in [1.807, 2.05) is 39.0 Å². The number of aryl methyl sites for hydroxylation is 1. The van der Waals surface area contributed by atoms with E-state index in [-0.39, 0.29) is 18.5 Å². The van der Waals surface area contributed by atoms with Gasteiger partial charge in [-0.05, 0) is 45.4 Å². The molecule has 0 aliphatic carbocycles. The van der Waals surface area contributed by atoms with Gasteiger partial charge in [-0.3, -0.25) is 9.59 Å². The van der Waals surface area contributed by atoms with Crippen LogP contribution in [0.5, 0.6) is 5.75 Å². The van der Waals surface area contributed by atoms with E-state index in [2.05, 4.69) is 4.74 Å². The first-order chi connectivity index (χ1) is 9.85. The predicted molar refractivity (Wildman–Crippen MR) is 80.1 cm³/mol. The van der Waals surface area contributed by atoms with Crippen molar-refractivity contribution in [2.24, 2.45) is 0 Å². The highest BCUT2D eigenvalue weighted by Gasteiger charge is 2.26. The molecule has 116 valence electrons. The summed E-state index contributed by atoms with van der Waals surface area (Å²) in [6.07, 6.45) is -0.668. The minimum Gasteiger partial charge on any atom is -0.481 e. The van der Waals surface area contributed by atoms with Crippen LogP contribution in [0.3, 0.4) is 0 Å². The monoisotopic (exact) mass is 293 g/mol. The van der Waals surface area contributed by atoms with Crippen molar-refractivity contribution in [1.82, 2.24) is 4.90 Å². The molecule has 1 atom stereocenters. The highest BCUT2D eigenvalue weighted by Crippen LogP contribution is 2.15. The largest absolute Gasteiger partial charge is 0.481 e. The second kappa shape index (κ2) is 7.67. The van der Waals surface area contributed by atoms with Crippen molar-refractivity contribution in [2.45, 2.75) is 39.8 Å². The Balaban J connectivity index is 2.76. The Bertz CT molecular complexity index is 499. The van der Waals surface area contributed by atoms with Gasteiger partial charge in [0.2, 0.25) is 0 Å². The van der Waals surface area contributed by atoms with Crippen molar-refractivity contribution in [3.63, 3.8) is 0 Å². The number of hydrogen-bond acceptors (Lipinski definition) is 4. The van der Waals surface area contributed by atoms with Crippen LogP contribution in [-0.4, -0.2) is 42.6 Å². The number of nitrogens with zero attached hydrogens (tertiary/aromatic N) is 1. The zero-order chi connectivity index (χ0) is 16.0. The molecule has 1 rings (SSSR count). The van der Waals surface area contributed by atoms with Gasteiger partial charge >= 0.3 is 5.97 Å². The molecule has 0 radical (unpaired) electrons. The maximum atomic E-state index is 12.4. The van der Waals surface area contributed by atoms with E-state index in [9.17, 15) is 9.59 Å². The highest BCUT2D eigenvalue weighted by atomic mass is 16.5. The topological polar surface area (TPSA) is 55.8 Å². The Labute approximate surface area is 125 Å². The number of benzene rings is 1. The first-order valence-electron chi connectivity index (χ1n) is 6.95. The van der Waals surface area contributed by atoms with Crippen LogP contribution >= 0.6 is 0 Å². The molecule has 1 aromatic rings. The van der Waals surface area contributed by atoms with Crippen molar-refractivity contribution < 1.29 is 19.1 Å². The summed E-state index contributed by atoms with van der Waals surface area (Å²) in [5, 5.41) is 0. The number of methoxy groups -OCH3 is 1. The first kappa shape index (κ1) is 17.0. The number of hydrogen-bond donors (Lipinski definition) is 0. The van der Waals surface area contributed by atoms with Crippen LogP contribution in [0.15, 0.2) is 24.3 Å². The van der Waals surface area contributed by atoms with Gasteiger partial charge in [0.25, 0.3) is 5.91 Å². The summed E-state index contributed by atoms with van der Waals surface area (Å²) in [6, 6.07) is 7.38. The molecule has 0 aromatic heterocycles. The second-order valence-electron chi connectivity index (χ2n) is 5.21. The molecular formula is C16H23NO4. The molecule has 0 saturated carbocycles. The maximum absolute atomic E-state index is 12.4. The van der Waals surface area contributed by atoms with Crippen LogP contribution in [0.2, 0.25) is 0 Å². The Hall–Kier alpha value is -2.04. The molecule has 0 N–H and O–H groups in total. The zero-order valence-corrected chi connectivity index (χ0v) is 13.3. The van der Waals surface area contributed by atoms with Crippen LogP contribution in [0.25, 0.3) is 0 Å². The van der Waals surface area contributed by atoms with Gasteiger partial charge in [0.05, 0.1) is 7.11 Å². The van der Waals surface area contributed by atoms with Gasteiger partial charge in [-0.15, -0.1) is 0 Å². The highest BCUT2D eigenvalue weighted by molar-refractivity contribution is 5.85. The Morgan fingerprint density at radius 2 is 1.90 bits per heavy atom. The molecule has 1 aromatic carbocycles. The summed E-state index contributed by atoms with van der Waals surface area (Å²) in [4.78, 5) is 25.3. The Kier molecular flexibility index (Phi) is 6.21. The lowest BCUT2D eigenvalue weighted by Gasteiger charge is -2.28. The summed E-state index contributed by atoms with van der Waals surface area (Å²) in [5.41, 5.74) is 1.06. The Morgan fingerprint density at radius 1 is 1.24 bits per heavy atom. The van der Waals surface area contributed by atoms with E-state index in [1.54, 1.807) is 13.0 Å². The normalized spacial score (nSPS) is 11.9. The molecule has 0 heterocycles. The van der Waals surface area contributed by atoms with E-state index >= 15 is 0 Å². The summed E-state index contributed by atoms with van der Waals surface area (Å²) in [6.45, 7) is 7.25. The van der Waals surface area contributed by atoms with Gasteiger partial charge in [-0.25, -0.2) is 0 Å². The minimum atomic E-state index is -0.668. The lowest BCUT2D eigenvalue weighted by atomic mass is 10.2. The molecule has 0 bridgehead atoms. The van der Waals surface area contributed by atoms with E-state index in [1.165, 1.54) is 12.0 Å². The summed E-state index contributed by atoms with van der Waals surface area (Å²) >= 11 is 0. The van der Waals surface area contributed by atoms with Gasteiger partial charge in [0.15, 0.2) is 6.10 Å². The molecule has 0 fully saturated rings. The van der Waals surface area contributed by atoms with E-state index in [4.69, 9.17) is 4.74 Å². The fourth-order valence-corrected chi connectivity index (χ4v) is 1.90. The van der Waals surface area contributed by atoms with Gasteiger partial charge in [0, 0.05) is 6.04 Å². The fourth-order valence-electron chi connectivity index (χ4n) is 1.90. The van der Waals surface area contributed by atoms with E-state index in [0.717, 1.165) is 5.56 Å². The number of esters is 1.